The number of aliphatic hydroxyl groups is 1. The smallest absolute Gasteiger partial charge is 0.267 e. The number of hydrogen-bond acceptors (Lipinski definition) is 3. The molecule has 0 aromatic heterocycles. The van der Waals surface area contributed by atoms with Crippen LogP contribution in [0.25, 0.3) is 0 Å². The third-order valence-corrected chi connectivity index (χ3v) is 2.57. The Morgan fingerprint density at radius 2 is 2.07 bits per heavy atom. The molecule has 2 N–H and O–H groups in total. The molecule has 0 amide bonds. The van der Waals surface area contributed by atoms with Gasteiger partial charge in [0.2, 0.25) is 0 Å². The van der Waals surface area contributed by atoms with Crippen LogP contribution in [0.1, 0.15) is 5.56 Å². The molecule has 6 heteroatoms. The summed E-state index contributed by atoms with van der Waals surface area (Å²) in [4.78, 5) is 0. The van der Waals surface area contributed by atoms with Gasteiger partial charge in [-0.05, 0) is 24.1 Å². The Hall–Kier alpha value is -0.980. The van der Waals surface area contributed by atoms with Crippen LogP contribution in [-0.2, 0) is 16.5 Å². The summed E-state index contributed by atoms with van der Waals surface area (Å²) in [7, 11) is -4.20. The molecule has 0 bridgehead atoms. The summed E-state index contributed by atoms with van der Waals surface area (Å²) in [6, 6.07) is 5.48. The van der Waals surface area contributed by atoms with Crippen molar-refractivity contribution >= 4 is 10.1 Å². The minimum Gasteiger partial charge on any atom is -0.392 e. The zero-order valence-corrected chi connectivity index (χ0v) is 8.61. The molecule has 1 rings (SSSR count). The highest BCUT2D eigenvalue weighted by molar-refractivity contribution is 7.85. The summed E-state index contributed by atoms with van der Waals surface area (Å²) >= 11 is 0. The van der Waals surface area contributed by atoms with E-state index >= 15 is 0 Å². The van der Waals surface area contributed by atoms with Crippen LogP contribution in [-0.4, -0.2) is 29.9 Å². The summed E-state index contributed by atoms with van der Waals surface area (Å²) in [5.74, 6) is -1.20. The maximum atomic E-state index is 12.7. The first-order valence-electron chi connectivity index (χ1n) is 4.24. The lowest BCUT2D eigenvalue weighted by atomic mass is 10.1. The van der Waals surface area contributed by atoms with Gasteiger partial charge in [0.15, 0.2) is 0 Å². The lowest BCUT2D eigenvalue weighted by molar-refractivity contribution is 0.195. The molecule has 0 aliphatic heterocycles. The molecule has 1 atom stereocenters. The van der Waals surface area contributed by atoms with Crippen LogP contribution in [0, 0.1) is 5.82 Å². The molecule has 1 unspecified atom stereocenters. The summed E-state index contributed by atoms with van der Waals surface area (Å²) < 4.78 is 42.0. The van der Waals surface area contributed by atoms with Crippen LogP contribution in [0.15, 0.2) is 24.3 Å². The Kier molecular flexibility index (Phi) is 3.78. The Bertz CT molecular complexity index is 429. The van der Waals surface area contributed by atoms with Crippen LogP contribution in [0.5, 0.6) is 0 Å². The highest BCUT2D eigenvalue weighted by Crippen LogP contribution is 2.07. The van der Waals surface area contributed by atoms with E-state index < -0.39 is 27.8 Å². The average Bonchev–Trinajstić information content (AvgIpc) is 1.99. The van der Waals surface area contributed by atoms with Gasteiger partial charge in [-0.2, -0.15) is 8.42 Å². The zero-order chi connectivity index (χ0) is 11.5. The Labute approximate surface area is 87.1 Å². The zero-order valence-electron chi connectivity index (χ0n) is 7.80. The molecule has 0 fully saturated rings. The average molecular weight is 234 g/mol. The molecule has 84 valence electrons. The van der Waals surface area contributed by atoms with Crippen molar-refractivity contribution in [3.8, 4) is 0 Å². The van der Waals surface area contributed by atoms with Crippen LogP contribution in [0.4, 0.5) is 4.39 Å². The first-order valence-corrected chi connectivity index (χ1v) is 5.85. The Morgan fingerprint density at radius 3 is 2.60 bits per heavy atom. The predicted molar refractivity (Wildman–Crippen MR) is 52.5 cm³/mol. The molecule has 15 heavy (non-hydrogen) atoms. The summed E-state index contributed by atoms with van der Waals surface area (Å²) in [5.41, 5.74) is 0.478. The van der Waals surface area contributed by atoms with Gasteiger partial charge in [0.25, 0.3) is 10.1 Å². The van der Waals surface area contributed by atoms with Crippen LogP contribution in [0.3, 0.4) is 0 Å². The normalized spacial score (nSPS) is 13.8. The molecule has 4 nitrogen and oxygen atoms in total. The molecule has 0 radical (unpaired) electrons. The van der Waals surface area contributed by atoms with Crippen molar-refractivity contribution in [3.05, 3.63) is 35.6 Å². The number of benzene rings is 1. The molecule has 1 aromatic rings. The van der Waals surface area contributed by atoms with Gasteiger partial charge in [-0.15, -0.1) is 0 Å². The topological polar surface area (TPSA) is 74.6 Å². The molecule has 0 saturated heterocycles. The van der Waals surface area contributed by atoms with Gasteiger partial charge in [0, 0.05) is 0 Å². The van der Waals surface area contributed by atoms with Crippen molar-refractivity contribution in [3.63, 3.8) is 0 Å². The second kappa shape index (κ2) is 4.69. The van der Waals surface area contributed by atoms with Crippen molar-refractivity contribution in [2.24, 2.45) is 0 Å². The van der Waals surface area contributed by atoms with Crippen molar-refractivity contribution in [2.45, 2.75) is 12.5 Å². The standard InChI is InChI=1S/C9H11FO4S/c10-8-3-1-2-7(4-8)5-9(11)6-15(12,13)14/h1-4,9,11H,5-6H2,(H,12,13,14). The van der Waals surface area contributed by atoms with E-state index in [0.717, 1.165) is 0 Å². The van der Waals surface area contributed by atoms with Crippen molar-refractivity contribution in [1.29, 1.82) is 0 Å². The highest BCUT2D eigenvalue weighted by Gasteiger charge is 2.14. The van der Waals surface area contributed by atoms with Crippen LogP contribution < -0.4 is 0 Å². The van der Waals surface area contributed by atoms with Gasteiger partial charge in [0.1, 0.15) is 11.6 Å². The Morgan fingerprint density at radius 1 is 1.40 bits per heavy atom. The first-order chi connectivity index (χ1) is 6.87. The highest BCUT2D eigenvalue weighted by atomic mass is 32.2. The number of hydrogen-bond donors (Lipinski definition) is 2. The monoisotopic (exact) mass is 234 g/mol. The molecule has 0 saturated carbocycles. The van der Waals surface area contributed by atoms with E-state index in [1.54, 1.807) is 6.07 Å². The van der Waals surface area contributed by atoms with Gasteiger partial charge in [0.05, 0.1) is 6.10 Å². The third-order valence-electron chi connectivity index (χ3n) is 1.76. The molecule has 1 aromatic carbocycles. The second-order valence-corrected chi connectivity index (χ2v) is 4.73. The summed E-state index contributed by atoms with van der Waals surface area (Å²) in [6.45, 7) is 0. The van der Waals surface area contributed by atoms with Gasteiger partial charge in [-0.25, -0.2) is 4.39 Å². The predicted octanol–water partition coefficient (Wildman–Crippen LogP) is 0.617. The maximum Gasteiger partial charge on any atom is 0.267 e. The Balaban J connectivity index is 2.63. The fraction of sp³-hybridized carbons (Fsp3) is 0.333. The quantitative estimate of drug-likeness (QED) is 0.749. The SMILES string of the molecule is O=S(=O)(O)CC(O)Cc1cccc(F)c1. The third kappa shape index (κ3) is 4.87. The van der Waals surface area contributed by atoms with Crippen molar-refractivity contribution in [2.75, 3.05) is 5.75 Å². The van der Waals surface area contributed by atoms with Crippen LogP contribution in [0.2, 0.25) is 0 Å². The van der Waals surface area contributed by atoms with Crippen molar-refractivity contribution in [1.82, 2.24) is 0 Å². The number of rotatable bonds is 4. The number of aliphatic hydroxyl groups excluding tert-OH is 1. The van der Waals surface area contributed by atoms with E-state index in [0.29, 0.717) is 5.56 Å². The molecule has 0 spiro atoms. The lowest BCUT2D eigenvalue weighted by Crippen LogP contribution is -2.22. The molecular weight excluding hydrogens is 223 g/mol. The molecular formula is C9H11FO4S. The van der Waals surface area contributed by atoms with Crippen LogP contribution >= 0.6 is 0 Å². The molecule has 0 heterocycles. The second-order valence-electron chi connectivity index (χ2n) is 3.24. The van der Waals surface area contributed by atoms with Gasteiger partial charge in [-0.3, -0.25) is 4.55 Å². The fourth-order valence-electron chi connectivity index (χ4n) is 1.24. The maximum absolute atomic E-state index is 12.7. The van der Waals surface area contributed by atoms with Crippen molar-refractivity contribution < 1.29 is 22.5 Å². The van der Waals surface area contributed by atoms with Gasteiger partial charge < -0.3 is 5.11 Å². The van der Waals surface area contributed by atoms with E-state index in [4.69, 9.17) is 4.55 Å². The van der Waals surface area contributed by atoms with E-state index in [-0.39, 0.29) is 6.42 Å². The first kappa shape index (κ1) is 12.1. The minimum absolute atomic E-state index is 0.0163. The lowest BCUT2D eigenvalue weighted by Gasteiger charge is -2.08. The minimum atomic E-state index is -4.20. The molecule has 0 aliphatic rings. The van der Waals surface area contributed by atoms with Gasteiger partial charge >= 0.3 is 0 Å². The van der Waals surface area contributed by atoms with E-state index in [9.17, 15) is 17.9 Å². The van der Waals surface area contributed by atoms with E-state index in [2.05, 4.69) is 0 Å². The molecule has 0 aliphatic carbocycles. The van der Waals surface area contributed by atoms with Gasteiger partial charge in [-0.1, -0.05) is 12.1 Å². The summed E-state index contributed by atoms with van der Waals surface area (Å²) in [5, 5.41) is 9.27. The fourth-order valence-corrected chi connectivity index (χ4v) is 1.84. The van der Waals surface area contributed by atoms with E-state index in [1.165, 1.54) is 18.2 Å². The largest absolute Gasteiger partial charge is 0.392 e. The number of halogens is 1. The van der Waals surface area contributed by atoms with E-state index in [1.807, 2.05) is 0 Å². The summed E-state index contributed by atoms with van der Waals surface area (Å²) in [6.07, 6.45) is -1.25.